The van der Waals surface area contributed by atoms with Gasteiger partial charge in [-0.15, -0.1) is 0 Å². The average Bonchev–Trinajstić information content (AvgIpc) is 3.15. The van der Waals surface area contributed by atoms with Crippen LogP contribution in [-0.2, 0) is 6.18 Å². The van der Waals surface area contributed by atoms with E-state index in [0.717, 1.165) is 44.6 Å². The summed E-state index contributed by atoms with van der Waals surface area (Å²) in [5.74, 6) is -0.712. The third kappa shape index (κ3) is 5.67. The minimum absolute atomic E-state index is 0.209. The summed E-state index contributed by atoms with van der Waals surface area (Å²) < 4.78 is 39.0. The zero-order valence-corrected chi connectivity index (χ0v) is 20.3. The predicted molar refractivity (Wildman–Crippen MR) is 132 cm³/mol. The van der Waals surface area contributed by atoms with E-state index in [4.69, 9.17) is 0 Å². The van der Waals surface area contributed by atoms with Crippen molar-refractivity contribution in [3.05, 3.63) is 59.7 Å². The van der Waals surface area contributed by atoms with Gasteiger partial charge in [-0.2, -0.15) is 13.2 Å². The lowest BCUT2D eigenvalue weighted by Gasteiger charge is -2.36. The normalized spacial score (nSPS) is 18.3. The molecule has 8 nitrogen and oxygen atoms in total. The van der Waals surface area contributed by atoms with Crippen LogP contribution in [0.2, 0.25) is 0 Å². The Kier molecular flexibility index (Phi) is 7.25. The van der Waals surface area contributed by atoms with Crippen LogP contribution in [0.1, 0.15) is 53.5 Å². The van der Waals surface area contributed by atoms with Gasteiger partial charge in [-0.25, -0.2) is 15.0 Å². The molecule has 4 heterocycles. The molecule has 5 rings (SSSR count). The highest BCUT2D eigenvalue weighted by molar-refractivity contribution is 6.06. The van der Waals surface area contributed by atoms with Crippen LogP contribution < -0.4 is 10.2 Å². The minimum Gasteiger partial charge on any atom is -0.389 e. The van der Waals surface area contributed by atoms with E-state index < -0.39 is 12.0 Å². The number of hydrogen-bond donors (Lipinski definition) is 2. The number of benzene rings is 1. The van der Waals surface area contributed by atoms with Crippen molar-refractivity contribution in [3.63, 3.8) is 0 Å². The maximum Gasteiger partial charge on any atom is 0.451 e. The molecule has 2 aromatic heterocycles. The lowest BCUT2D eigenvalue weighted by molar-refractivity contribution is -0.145. The number of nitrogens with one attached hydrogen (secondary N) is 1. The van der Waals surface area contributed by atoms with Gasteiger partial charge in [0.15, 0.2) is 0 Å². The van der Waals surface area contributed by atoms with E-state index >= 15 is 0 Å². The van der Waals surface area contributed by atoms with Gasteiger partial charge in [-0.1, -0.05) is 18.9 Å². The predicted octanol–water partition coefficient (Wildman–Crippen LogP) is 3.57. The molecule has 11 heteroatoms. The summed E-state index contributed by atoms with van der Waals surface area (Å²) in [6, 6.07) is 8.69. The smallest absolute Gasteiger partial charge is 0.389 e. The lowest BCUT2D eigenvalue weighted by atomic mass is 10.1. The second kappa shape index (κ2) is 10.6. The number of amides is 1. The quantitative estimate of drug-likeness (QED) is 0.519. The molecule has 2 aliphatic rings. The number of hydrogen-bond acceptors (Lipinski definition) is 7. The first-order valence-electron chi connectivity index (χ1n) is 12.5. The van der Waals surface area contributed by atoms with Crippen molar-refractivity contribution in [1.82, 2.24) is 25.2 Å². The Morgan fingerprint density at radius 3 is 2.41 bits per heavy atom. The Bertz CT molecular complexity index is 1240. The van der Waals surface area contributed by atoms with Gasteiger partial charge in [0.1, 0.15) is 5.82 Å². The van der Waals surface area contributed by atoms with E-state index in [1.807, 2.05) is 23.1 Å². The largest absolute Gasteiger partial charge is 0.451 e. The molecule has 1 amide bonds. The zero-order valence-electron chi connectivity index (χ0n) is 20.3. The van der Waals surface area contributed by atoms with Gasteiger partial charge < -0.3 is 15.3 Å². The monoisotopic (exact) mass is 514 g/mol. The Morgan fingerprint density at radius 2 is 1.76 bits per heavy atom. The van der Waals surface area contributed by atoms with E-state index in [1.54, 1.807) is 12.1 Å². The van der Waals surface area contributed by atoms with Crippen LogP contribution in [0.3, 0.4) is 0 Å². The van der Waals surface area contributed by atoms with Gasteiger partial charge in [-0.3, -0.25) is 9.69 Å². The highest BCUT2D eigenvalue weighted by Gasteiger charge is 2.35. The van der Waals surface area contributed by atoms with Crippen LogP contribution in [-0.4, -0.2) is 69.7 Å². The Hall–Kier alpha value is -3.31. The summed E-state index contributed by atoms with van der Waals surface area (Å²) in [5.41, 5.74) is 1.68. The fourth-order valence-electron chi connectivity index (χ4n) is 4.97. The van der Waals surface area contributed by atoms with Crippen molar-refractivity contribution in [1.29, 1.82) is 0 Å². The summed E-state index contributed by atoms with van der Waals surface area (Å²) in [6.07, 6.45) is 1.64. The number of nitrogens with zero attached hydrogens (tertiary/aromatic N) is 5. The molecule has 0 spiro atoms. The van der Waals surface area contributed by atoms with Crippen LogP contribution in [0.5, 0.6) is 0 Å². The number of alkyl halides is 3. The van der Waals surface area contributed by atoms with Crippen molar-refractivity contribution in [2.75, 3.05) is 37.6 Å². The fourth-order valence-corrected chi connectivity index (χ4v) is 4.97. The third-order valence-electron chi connectivity index (χ3n) is 7.00. The highest BCUT2D eigenvalue weighted by Crippen LogP contribution is 2.29. The second-order valence-corrected chi connectivity index (χ2v) is 9.61. The number of pyridine rings is 1. The lowest BCUT2D eigenvalue weighted by Crippen LogP contribution is -2.51. The molecule has 196 valence electrons. The molecule has 1 atom stereocenters. The maximum absolute atomic E-state index is 13.3. The van der Waals surface area contributed by atoms with Crippen molar-refractivity contribution < 1.29 is 23.1 Å². The van der Waals surface area contributed by atoms with Crippen molar-refractivity contribution >= 4 is 22.6 Å². The number of aliphatic hydroxyl groups is 1. The molecule has 2 N–H and O–H groups in total. The molecule has 37 heavy (non-hydrogen) atoms. The van der Waals surface area contributed by atoms with Gasteiger partial charge in [0.25, 0.3) is 5.91 Å². The van der Waals surface area contributed by atoms with Gasteiger partial charge in [0, 0.05) is 48.5 Å². The maximum atomic E-state index is 13.3. The van der Waals surface area contributed by atoms with Crippen LogP contribution >= 0.6 is 0 Å². The average molecular weight is 515 g/mol. The molecule has 1 unspecified atom stereocenters. The first-order valence-corrected chi connectivity index (χ1v) is 12.5. The molecule has 0 bridgehead atoms. The molecule has 0 aliphatic carbocycles. The van der Waals surface area contributed by atoms with Crippen molar-refractivity contribution in [3.8, 4) is 0 Å². The molecular weight excluding hydrogens is 485 g/mol. The summed E-state index contributed by atoms with van der Waals surface area (Å²) in [5, 5.41) is 13.3. The van der Waals surface area contributed by atoms with E-state index in [2.05, 4.69) is 25.2 Å². The van der Waals surface area contributed by atoms with Crippen LogP contribution in [0.25, 0.3) is 10.9 Å². The molecule has 1 aromatic carbocycles. The molecular formula is C26H29F3N6O2. The Labute approximate surface area is 212 Å². The van der Waals surface area contributed by atoms with E-state index in [9.17, 15) is 23.1 Å². The first kappa shape index (κ1) is 25.3. The summed E-state index contributed by atoms with van der Waals surface area (Å²) in [6.45, 7) is 2.84. The van der Waals surface area contributed by atoms with Gasteiger partial charge in [0.05, 0.1) is 17.7 Å². The van der Waals surface area contributed by atoms with Gasteiger partial charge in [-0.05, 0) is 50.2 Å². The Balaban J connectivity index is 1.35. The molecule has 2 saturated heterocycles. The number of likely N-dealkylation sites (tertiary alicyclic amines) is 1. The zero-order chi connectivity index (χ0) is 26.0. The molecule has 0 radical (unpaired) electrons. The van der Waals surface area contributed by atoms with E-state index in [-0.39, 0.29) is 24.6 Å². The number of rotatable bonds is 6. The number of fused-ring (bicyclic) bond motifs is 1. The van der Waals surface area contributed by atoms with Crippen molar-refractivity contribution in [2.24, 2.45) is 0 Å². The highest BCUT2D eigenvalue weighted by atomic mass is 19.4. The van der Waals surface area contributed by atoms with Crippen molar-refractivity contribution in [2.45, 2.75) is 44.0 Å². The molecule has 2 aliphatic heterocycles. The standard InChI is InChI=1S/C26H29F3N6O2/c27-26(28,29)25-31-12-17(13-32-25)22(34-10-3-1-2-4-11-34)14-30-24(37)20-6-5-7-21-19(20)8-9-23(33-21)35-15-18(36)16-35/h5-9,12-13,18,22,36H,1-4,10-11,14-16H2,(H,30,37). The van der Waals surface area contributed by atoms with Gasteiger partial charge >= 0.3 is 6.18 Å². The van der Waals surface area contributed by atoms with E-state index in [1.165, 1.54) is 12.4 Å². The van der Waals surface area contributed by atoms with E-state index in [0.29, 0.717) is 35.1 Å². The number of carbonyl (C=O) groups excluding carboxylic acids is 1. The third-order valence-corrected chi connectivity index (χ3v) is 7.00. The fraction of sp³-hybridized carbons (Fsp3) is 0.462. The first-order chi connectivity index (χ1) is 17.8. The SMILES string of the molecule is O=C(NCC(c1cnc(C(F)(F)F)nc1)N1CCCCCC1)c1cccc2nc(N3CC(O)C3)ccc12. The number of anilines is 1. The number of aromatic nitrogens is 3. The number of carbonyl (C=O) groups is 1. The Morgan fingerprint density at radius 1 is 1.05 bits per heavy atom. The molecule has 0 saturated carbocycles. The van der Waals surface area contributed by atoms with Crippen LogP contribution in [0.4, 0.5) is 19.0 Å². The molecule has 3 aromatic rings. The summed E-state index contributed by atoms with van der Waals surface area (Å²) >= 11 is 0. The number of aliphatic hydroxyl groups excluding tert-OH is 1. The number of β-amino-alcohol motifs (C(OH)–C–C–N with tert-alkyl or cyclic N) is 1. The summed E-state index contributed by atoms with van der Waals surface area (Å²) in [7, 11) is 0. The molecule has 2 fully saturated rings. The second-order valence-electron chi connectivity index (χ2n) is 9.61. The summed E-state index contributed by atoms with van der Waals surface area (Å²) in [4.78, 5) is 29.2. The van der Waals surface area contributed by atoms with Gasteiger partial charge in [0.2, 0.25) is 5.82 Å². The number of halogens is 3. The minimum atomic E-state index is -4.61. The topological polar surface area (TPSA) is 94.5 Å². The van der Waals surface area contributed by atoms with Crippen LogP contribution in [0, 0.1) is 0 Å². The van der Waals surface area contributed by atoms with Crippen LogP contribution in [0.15, 0.2) is 42.7 Å².